The molecule has 0 N–H and O–H groups in total. The summed E-state index contributed by atoms with van der Waals surface area (Å²) in [7, 11) is 0. The van der Waals surface area contributed by atoms with Crippen molar-refractivity contribution in [2.75, 3.05) is 4.90 Å². The van der Waals surface area contributed by atoms with E-state index in [1.165, 1.54) is 82.4 Å². The molecule has 0 aliphatic rings. The van der Waals surface area contributed by atoms with E-state index in [0.717, 1.165) is 33.8 Å². The van der Waals surface area contributed by atoms with Crippen LogP contribution in [0.3, 0.4) is 0 Å². The Labute approximate surface area is 428 Å². The van der Waals surface area contributed by atoms with Crippen molar-refractivity contribution in [2.45, 2.75) is 0 Å². The van der Waals surface area contributed by atoms with E-state index in [1.807, 2.05) is 0 Å². The molecule has 0 radical (unpaired) electrons. The molecule has 73 heavy (non-hydrogen) atoms. The second kappa shape index (κ2) is 20.4. The lowest BCUT2D eigenvalue weighted by atomic mass is 9.91. The van der Waals surface area contributed by atoms with Crippen LogP contribution in [0.4, 0.5) is 17.1 Å². The zero-order chi connectivity index (χ0) is 48.8. The van der Waals surface area contributed by atoms with Gasteiger partial charge < -0.3 is 4.90 Å². The smallest absolute Gasteiger partial charge is 0.0462 e. The molecule has 0 amide bonds. The van der Waals surface area contributed by atoms with Crippen LogP contribution in [0, 0.1) is 0 Å². The predicted octanol–water partition coefficient (Wildman–Crippen LogP) is 19.4. The van der Waals surface area contributed by atoms with Crippen LogP contribution in [-0.2, 0) is 0 Å². The molecule has 0 heterocycles. The molecule has 12 aromatic rings. The molecule has 0 aliphatic heterocycles. The molecule has 0 aromatic heterocycles. The Balaban J connectivity index is 0.957. The lowest BCUT2D eigenvalue weighted by molar-refractivity contribution is 1.28. The second-order valence-electron chi connectivity index (χ2n) is 18.5. The third-order valence-corrected chi connectivity index (χ3v) is 13.9. The first-order valence-electron chi connectivity index (χ1n) is 25.1. The number of rotatable bonds is 12. The lowest BCUT2D eigenvalue weighted by Crippen LogP contribution is -2.09. The lowest BCUT2D eigenvalue weighted by Gasteiger charge is -2.26. The van der Waals surface area contributed by atoms with E-state index in [0.29, 0.717) is 0 Å². The van der Waals surface area contributed by atoms with Crippen LogP contribution in [0.2, 0.25) is 0 Å². The Hall–Kier alpha value is -9.56. The number of nitrogens with zero attached hydrogens (tertiary/aromatic N) is 1. The molecular weight excluding hydrogens is 879 g/mol. The van der Waals surface area contributed by atoms with Crippen LogP contribution >= 0.6 is 0 Å². The number of hydrogen-bond donors (Lipinski definition) is 0. The zero-order valence-electron chi connectivity index (χ0n) is 40.4. The maximum atomic E-state index is 2.36. The molecule has 0 spiro atoms. The molecular formula is C72H51N. The summed E-state index contributed by atoms with van der Waals surface area (Å²) in [4.78, 5) is 2.36. The maximum Gasteiger partial charge on any atom is 0.0462 e. The molecule has 0 saturated heterocycles. The molecule has 0 unspecified atom stereocenters. The molecule has 344 valence electrons. The van der Waals surface area contributed by atoms with Gasteiger partial charge in [-0.15, -0.1) is 0 Å². The number of fused-ring (bicyclic) bond motifs is 3. The Morgan fingerprint density at radius 1 is 0.219 bits per heavy atom. The zero-order valence-corrected chi connectivity index (χ0v) is 40.4. The van der Waals surface area contributed by atoms with Gasteiger partial charge in [0, 0.05) is 17.1 Å². The molecule has 0 fully saturated rings. The molecule has 1 heteroatoms. The van der Waals surface area contributed by atoms with Gasteiger partial charge in [-0.25, -0.2) is 0 Å². The van der Waals surface area contributed by atoms with Crippen molar-refractivity contribution >= 4 is 84.3 Å². The largest absolute Gasteiger partial charge is 0.311 e. The van der Waals surface area contributed by atoms with Gasteiger partial charge in [-0.2, -0.15) is 0 Å². The van der Waals surface area contributed by atoms with Crippen molar-refractivity contribution in [2.24, 2.45) is 0 Å². The average Bonchev–Trinajstić information content (AvgIpc) is 3.47. The molecule has 0 atom stereocenters. The van der Waals surface area contributed by atoms with E-state index in [9.17, 15) is 0 Å². The fourth-order valence-corrected chi connectivity index (χ4v) is 10.3. The Kier molecular flexibility index (Phi) is 12.5. The van der Waals surface area contributed by atoms with E-state index >= 15 is 0 Å². The quantitative estimate of drug-likeness (QED) is 0.110. The highest BCUT2D eigenvalue weighted by Crippen LogP contribution is 2.39. The van der Waals surface area contributed by atoms with Crippen LogP contribution in [0.5, 0.6) is 0 Å². The summed E-state index contributed by atoms with van der Waals surface area (Å²) >= 11 is 0. The van der Waals surface area contributed by atoms with Crippen LogP contribution in [0.25, 0.3) is 67.3 Å². The van der Waals surface area contributed by atoms with Gasteiger partial charge in [0.05, 0.1) is 0 Å². The summed E-state index contributed by atoms with van der Waals surface area (Å²) in [6.07, 6.45) is 6.98. The summed E-state index contributed by atoms with van der Waals surface area (Å²) in [5, 5.41) is 7.39. The van der Waals surface area contributed by atoms with Crippen LogP contribution in [0.15, 0.2) is 291 Å². The average molecular weight is 930 g/mol. The van der Waals surface area contributed by atoms with E-state index in [-0.39, 0.29) is 0 Å². The summed E-state index contributed by atoms with van der Waals surface area (Å²) in [6.45, 7) is 0. The van der Waals surface area contributed by atoms with Crippen molar-refractivity contribution in [3.63, 3.8) is 0 Å². The van der Waals surface area contributed by atoms with E-state index in [1.54, 1.807) is 0 Å². The normalized spacial score (nSPS) is 12.1. The van der Waals surface area contributed by atoms with Crippen LogP contribution in [-0.4, -0.2) is 0 Å². The number of benzene rings is 12. The van der Waals surface area contributed by atoms with E-state index in [2.05, 4.69) is 314 Å². The van der Waals surface area contributed by atoms with Crippen molar-refractivity contribution in [3.05, 3.63) is 341 Å². The highest BCUT2D eigenvalue weighted by Gasteiger charge is 2.16. The standard InChI is InChI=1S/C72H51N/c1-4-19-58(20-5-1)70(67-34-16-28-55-25-10-13-31-64(55)67)49-52-37-43-61(44-38-52)73(62-45-39-53(40-46-62)50-71(59-21-6-2-7-22-59)68-35-17-29-56-26-11-14-32-65(56)68)63-47-41-54(42-48-63)51-72(60-23-8-3-9-24-60)69-36-18-30-57-27-12-15-33-66(57)69/h1-51H. The third-order valence-electron chi connectivity index (χ3n) is 13.9. The van der Waals surface area contributed by atoms with Crippen molar-refractivity contribution in [1.82, 2.24) is 0 Å². The van der Waals surface area contributed by atoms with Crippen molar-refractivity contribution < 1.29 is 0 Å². The minimum atomic E-state index is 1.07. The molecule has 1 nitrogen and oxygen atoms in total. The van der Waals surface area contributed by atoms with E-state index < -0.39 is 0 Å². The Bertz CT molecular complexity index is 3530. The molecule has 0 aliphatic carbocycles. The Morgan fingerprint density at radius 2 is 0.466 bits per heavy atom. The highest BCUT2D eigenvalue weighted by atomic mass is 15.1. The van der Waals surface area contributed by atoms with Gasteiger partial charge >= 0.3 is 0 Å². The minimum absolute atomic E-state index is 1.07. The van der Waals surface area contributed by atoms with Crippen LogP contribution in [0.1, 0.15) is 50.1 Å². The first-order chi connectivity index (χ1) is 36.2. The Morgan fingerprint density at radius 3 is 0.753 bits per heavy atom. The van der Waals surface area contributed by atoms with Crippen molar-refractivity contribution in [3.8, 4) is 0 Å². The van der Waals surface area contributed by atoms with Gasteiger partial charge in [0.1, 0.15) is 0 Å². The highest BCUT2D eigenvalue weighted by molar-refractivity contribution is 6.05. The summed E-state index contributed by atoms with van der Waals surface area (Å²) in [5.74, 6) is 0. The first kappa shape index (κ1) is 44.6. The molecule has 12 rings (SSSR count). The number of anilines is 3. The van der Waals surface area contributed by atoms with Gasteiger partial charge in [0.15, 0.2) is 0 Å². The fourth-order valence-electron chi connectivity index (χ4n) is 10.3. The minimum Gasteiger partial charge on any atom is -0.311 e. The fraction of sp³-hybridized carbons (Fsp3) is 0. The second-order valence-corrected chi connectivity index (χ2v) is 18.5. The summed E-state index contributed by atoms with van der Waals surface area (Å²) in [6, 6.07) is 105. The maximum absolute atomic E-state index is 2.36. The van der Waals surface area contributed by atoms with Gasteiger partial charge in [-0.1, -0.05) is 255 Å². The first-order valence-corrected chi connectivity index (χ1v) is 25.1. The third kappa shape index (κ3) is 9.44. The number of hydrogen-bond acceptors (Lipinski definition) is 1. The predicted molar refractivity (Wildman–Crippen MR) is 313 cm³/mol. The SMILES string of the molecule is C(=C(c1ccccc1)c1cccc2ccccc12)c1ccc(N(c2ccc(C=C(c3ccccc3)c3cccc4ccccc34)cc2)c2ccc(C=C(c3ccccc3)c3cccc4ccccc34)cc2)cc1. The van der Waals surface area contributed by atoms with Gasteiger partial charge in [0.25, 0.3) is 0 Å². The van der Waals surface area contributed by atoms with Crippen molar-refractivity contribution in [1.29, 1.82) is 0 Å². The summed E-state index contributed by atoms with van der Waals surface area (Å²) < 4.78 is 0. The topological polar surface area (TPSA) is 3.24 Å². The van der Waals surface area contributed by atoms with Gasteiger partial charge in [-0.05, 0) is 154 Å². The van der Waals surface area contributed by atoms with Crippen LogP contribution < -0.4 is 4.90 Å². The molecule has 0 bridgehead atoms. The van der Waals surface area contributed by atoms with Gasteiger partial charge in [0.2, 0.25) is 0 Å². The van der Waals surface area contributed by atoms with E-state index in [4.69, 9.17) is 0 Å². The van der Waals surface area contributed by atoms with Gasteiger partial charge in [-0.3, -0.25) is 0 Å². The molecule has 12 aromatic carbocycles. The monoisotopic (exact) mass is 929 g/mol. The summed E-state index contributed by atoms with van der Waals surface area (Å²) in [5.41, 5.74) is 17.3. The molecule has 0 saturated carbocycles.